The van der Waals surface area contributed by atoms with E-state index in [1.165, 1.54) is 8.61 Å². The molecule has 8 heteroatoms. The lowest BCUT2D eigenvalue weighted by molar-refractivity contribution is 0.0292. The van der Waals surface area contributed by atoms with Crippen molar-refractivity contribution in [2.24, 2.45) is 5.92 Å². The fraction of sp³-hybridized carbons (Fsp3) is 0.357. The molecule has 2 fully saturated rings. The number of benzene rings is 3. The van der Waals surface area contributed by atoms with Crippen LogP contribution < -0.4 is 0 Å². The topological polar surface area (TPSA) is 74.8 Å². The van der Waals surface area contributed by atoms with E-state index in [9.17, 15) is 16.8 Å². The van der Waals surface area contributed by atoms with Gasteiger partial charge in [0.1, 0.15) is 0 Å². The van der Waals surface area contributed by atoms with Gasteiger partial charge in [0.25, 0.3) is 0 Å². The minimum Gasteiger partial charge on any atom is -0.207 e. The first kappa shape index (κ1) is 25.1. The van der Waals surface area contributed by atoms with Crippen molar-refractivity contribution in [2.45, 2.75) is 55.0 Å². The molecule has 5 rings (SSSR count). The molecule has 0 bridgehead atoms. The third kappa shape index (κ3) is 4.52. The molecule has 2 aliphatic heterocycles. The molecule has 2 heterocycles. The van der Waals surface area contributed by atoms with Crippen LogP contribution in [0.15, 0.2) is 88.7 Å². The highest BCUT2D eigenvalue weighted by molar-refractivity contribution is 7.90. The predicted molar refractivity (Wildman–Crippen MR) is 140 cm³/mol. The lowest BCUT2D eigenvalue weighted by atomic mass is 9.75. The summed E-state index contributed by atoms with van der Waals surface area (Å²) < 4.78 is 58.7. The molecule has 3 atom stereocenters. The standard InChI is InChI=1S/C28H32N2O4S2/c1-21-10-14-24(15-11-21)35(31,32)29-19-6-9-27-26(23-7-4-3-5-8-23)18-20-30(28(27)29)36(33,34)25-16-12-22(2)13-17-25/h3-5,7-8,10-17,26-28H,6,9,18-20H2,1-2H3/t26?,27-,28+/m1/s1. The molecular formula is C28H32N2O4S2. The van der Waals surface area contributed by atoms with Crippen molar-refractivity contribution >= 4 is 20.0 Å². The molecule has 0 spiro atoms. The fourth-order valence-electron chi connectivity index (χ4n) is 5.69. The van der Waals surface area contributed by atoms with Gasteiger partial charge in [0, 0.05) is 13.1 Å². The number of hydrogen-bond donors (Lipinski definition) is 0. The Morgan fingerprint density at radius 3 is 1.67 bits per heavy atom. The maximum Gasteiger partial charge on any atom is 0.244 e. The van der Waals surface area contributed by atoms with E-state index in [1.807, 2.05) is 32.0 Å². The Morgan fingerprint density at radius 2 is 1.14 bits per heavy atom. The summed E-state index contributed by atoms with van der Waals surface area (Å²) in [4.78, 5) is 0.395. The highest BCUT2D eigenvalue weighted by Crippen LogP contribution is 2.46. The lowest BCUT2D eigenvalue weighted by Crippen LogP contribution is -2.62. The monoisotopic (exact) mass is 524 g/mol. The highest BCUT2D eigenvalue weighted by atomic mass is 32.2. The second-order valence-corrected chi connectivity index (χ2v) is 13.7. The summed E-state index contributed by atoms with van der Waals surface area (Å²) in [5, 5.41) is 0. The Bertz CT molecular complexity index is 1340. The first-order valence-corrected chi connectivity index (χ1v) is 15.3. The maximum absolute atomic E-state index is 14.0. The molecule has 0 aliphatic carbocycles. The molecule has 3 aromatic carbocycles. The Morgan fingerprint density at radius 1 is 0.639 bits per heavy atom. The van der Waals surface area contributed by atoms with E-state index in [-0.39, 0.29) is 28.2 Å². The molecule has 1 unspecified atom stereocenters. The van der Waals surface area contributed by atoms with Crippen LogP contribution in [-0.2, 0) is 20.0 Å². The summed E-state index contributed by atoms with van der Waals surface area (Å²) in [6.07, 6.45) is 1.32. The number of aryl methyl sites for hydroxylation is 2. The third-order valence-corrected chi connectivity index (χ3v) is 11.3. The summed E-state index contributed by atoms with van der Waals surface area (Å²) in [7, 11) is -7.82. The van der Waals surface area contributed by atoms with Crippen molar-refractivity contribution in [2.75, 3.05) is 13.1 Å². The van der Waals surface area contributed by atoms with E-state index in [2.05, 4.69) is 12.1 Å². The Hall–Kier alpha value is -2.52. The average molecular weight is 525 g/mol. The molecule has 2 saturated heterocycles. The van der Waals surface area contributed by atoms with Gasteiger partial charge in [0.05, 0.1) is 16.0 Å². The average Bonchev–Trinajstić information content (AvgIpc) is 2.88. The Labute approximate surface area is 214 Å². The summed E-state index contributed by atoms with van der Waals surface area (Å²) in [5.74, 6) is -0.0629. The van der Waals surface area contributed by atoms with Gasteiger partial charge >= 0.3 is 0 Å². The van der Waals surface area contributed by atoms with Crippen molar-refractivity contribution in [3.05, 3.63) is 95.6 Å². The van der Waals surface area contributed by atoms with Crippen LogP contribution in [-0.4, -0.2) is 44.7 Å². The SMILES string of the molecule is Cc1ccc(S(=O)(=O)N2CCC[C@@H]3C(c4ccccc4)CCN(S(=O)(=O)c4ccc(C)cc4)[C@@H]32)cc1. The van der Waals surface area contributed by atoms with Crippen molar-refractivity contribution < 1.29 is 16.8 Å². The molecule has 36 heavy (non-hydrogen) atoms. The first-order chi connectivity index (χ1) is 17.2. The van der Waals surface area contributed by atoms with Gasteiger partial charge in [-0.15, -0.1) is 0 Å². The summed E-state index contributed by atoms with van der Waals surface area (Å²) >= 11 is 0. The molecule has 190 valence electrons. The molecule has 0 aromatic heterocycles. The summed E-state index contributed by atoms with van der Waals surface area (Å²) in [6.45, 7) is 4.37. The second-order valence-electron chi connectivity index (χ2n) is 9.88. The number of piperidine rings is 2. The molecule has 6 nitrogen and oxygen atoms in total. The van der Waals surface area contributed by atoms with E-state index >= 15 is 0 Å². The van der Waals surface area contributed by atoms with E-state index in [0.717, 1.165) is 23.1 Å². The Kier molecular flexibility index (Phi) is 6.80. The summed E-state index contributed by atoms with van der Waals surface area (Å²) in [5.41, 5.74) is 3.07. The smallest absolute Gasteiger partial charge is 0.207 e. The van der Waals surface area contributed by atoms with Crippen LogP contribution in [0.4, 0.5) is 0 Å². The molecule has 0 radical (unpaired) electrons. The summed E-state index contributed by atoms with van der Waals surface area (Å²) in [6, 6.07) is 23.7. The fourth-order valence-corrected chi connectivity index (χ4v) is 9.07. The molecule has 2 aliphatic rings. The van der Waals surface area contributed by atoms with Crippen LogP contribution in [0.2, 0.25) is 0 Å². The van der Waals surface area contributed by atoms with Crippen LogP contribution in [0.1, 0.15) is 41.9 Å². The van der Waals surface area contributed by atoms with Crippen molar-refractivity contribution in [3.63, 3.8) is 0 Å². The molecular weight excluding hydrogens is 492 g/mol. The van der Waals surface area contributed by atoms with E-state index in [4.69, 9.17) is 0 Å². The van der Waals surface area contributed by atoms with E-state index in [1.54, 1.807) is 48.5 Å². The van der Waals surface area contributed by atoms with Gasteiger partial charge in [-0.1, -0.05) is 65.7 Å². The minimum absolute atomic E-state index is 0.0803. The quantitative estimate of drug-likeness (QED) is 0.475. The number of hydrogen-bond acceptors (Lipinski definition) is 4. The van der Waals surface area contributed by atoms with Crippen LogP contribution in [0.25, 0.3) is 0 Å². The minimum atomic E-state index is -3.91. The van der Waals surface area contributed by atoms with Gasteiger partial charge in [-0.25, -0.2) is 16.8 Å². The van der Waals surface area contributed by atoms with Crippen molar-refractivity contribution in [1.29, 1.82) is 0 Å². The normalized spacial score (nSPS) is 23.8. The van der Waals surface area contributed by atoms with Crippen molar-refractivity contribution in [3.8, 4) is 0 Å². The second kappa shape index (κ2) is 9.74. The zero-order chi connectivity index (χ0) is 25.5. The van der Waals surface area contributed by atoms with Gasteiger partial charge in [0.2, 0.25) is 20.0 Å². The maximum atomic E-state index is 14.0. The molecule has 0 N–H and O–H groups in total. The highest BCUT2D eigenvalue weighted by Gasteiger charge is 2.51. The largest absolute Gasteiger partial charge is 0.244 e. The van der Waals surface area contributed by atoms with Gasteiger partial charge in [-0.05, 0) is 74.8 Å². The zero-order valence-corrected chi connectivity index (χ0v) is 22.3. The zero-order valence-electron chi connectivity index (χ0n) is 20.6. The van der Waals surface area contributed by atoms with Crippen LogP contribution in [0.3, 0.4) is 0 Å². The third-order valence-electron chi connectivity index (χ3n) is 7.55. The molecule has 0 amide bonds. The number of sulfonamides is 2. The number of nitrogens with zero attached hydrogens (tertiary/aromatic N) is 2. The van der Waals surface area contributed by atoms with E-state index < -0.39 is 26.2 Å². The van der Waals surface area contributed by atoms with Gasteiger partial charge in [0.15, 0.2) is 0 Å². The van der Waals surface area contributed by atoms with Gasteiger partial charge in [-0.2, -0.15) is 8.61 Å². The van der Waals surface area contributed by atoms with Crippen molar-refractivity contribution in [1.82, 2.24) is 8.61 Å². The first-order valence-electron chi connectivity index (χ1n) is 12.4. The van der Waals surface area contributed by atoms with Gasteiger partial charge in [-0.3, -0.25) is 0 Å². The van der Waals surface area contributed by atoms with E-state index in [0.29, 0.717) is 19.4 Å². The molecule has 0 saturated carbocycles. The number of rotatable bonds is 5. The lowest BCUT2D eigenvalue weighted by Gasteiger charge is -2.51. The van der Waals surface area contributed by atoms with Gasteiger partial charge < -0.3 is 0 Å². The van der Waals surface area contributed by atoms with Crippen LogP contribution >= 0.6 is 0 Å². The van der Waals surface area contributed by atoms with Crippen LogP contribution in [0, 0.1) is 19.8 Å². The van der Waals surface area contributed by atoms with Crippen LogP contribution in [0.5, 0.6) is 0 Å². The number of fused-ring (bicyclic) bond motifs is 1. The molecule has 3 aromatic rings. The Balaban J connectivity index is 1.62. The predicted octanol–water partition coefficient (Wildman–Crippen LogP) is 4.91.